The molecule has 2 saturated heterocycles. The Morgan fingerprint density at radius 2 is 1.10 bits per heavy atom. The Balaban J connectivity index is 0.000000176. The summed E-state index contributed by atoms with van der Waals surface area (Å²) in [5.74, 6) is 0.422. The summed E-state index contributed by atoms with van der Waals surface area (Å²) in [5.41, 5.74) is 3.72. The van der Waals surface area contributed by atoms with E-state index in [4.69, 9.17) is 5.21 Å². The maximum absolute atomic E-state index is 11.1. The molecule has 0 radical (unpaired) electrons. The Morgan fingerprint density at radius 1 is 0.677 bits per heavy atom. The van der Waals surface area contributed by atoms with E-state index in [0.29, 0.717) is 5.78 Å². The van der Waals surface area contributed by atoms with Crippen molar-refractivity contribution in [2.24, 2.45) is 5.16 Å². The number of benzene rings is 2. The number of piperidine rings is 2. The number of Topliss-reactive ketones (excluding diaryl/α,β-unsaturated/α-hetero) is 1. The molecule has 0 amide bonds. The van der Waals surface area contributed by atoms with E-state index < -0.39 is 0 Å². The molecule has 166 valence electrons. The van der Waals surface area contributed by atoms with Gasteiger partial charge in [-0.3, -0.25) is 4.79 Å². The Labute approximate surface area is 186 Å². The highest BCUT2D eigenvalue weighted by Crippen LogP contribution is 2.09. The van der Waals surface area contributed by atoms with Crippen LogP contribution in [0.25, 0.3) is 0 Å². The predicted octanol–water partition coefficient (Wildman–Crippen LogP) is 4.05. The van der Waals surface area contributed by atoms with Crippen LogP contribution in [0, 0.1) is 0 Å². The molecular weight excluding hydrogens is 386 g/mol. The van der Waals surface area contributed by atoms with Crippen molar-refractivity contribution < 1.29 is 10.0 Å². The highest BCUT2D eigenvalue weighted by Gasteiger charge is 2.15. The normalized spacial score (nSPS) is 17.7. The fourth-order valence-electron chi connectivity index (χ4n) is 4.02. The number of rotatable bonds is 6. The highest BCUT2D eigenvalue weighted by molar-refractivity contribution is 5.84. The molecule has 1 N–H and O–H groups in total. The summed E-state index contributed by atoms with van der Waals surface area (Å²) in [6.07, 6.45) is 5.50. The van der Waals surface area contributed by atoms with Gasteiger partial charge in [-0.25, -0.2) is 0 Å². The first-order valence-corrected chi connectivity index (χ1v) is 11.5. The first-order valence-electron chi connectivity index (χ1n) is 11.5. The number of carbonyl (C=O) groups excluding carboxylic acids is 1. The molecular formula is C26H35N3O2. The molecule has 31 heavy (non-hydrogen) atoms. The van der Waals surface area contributed by atoms with Gasteiger partial charge in [0.05, 0.1) is 5.71 Å². The second-order valence-corrected chi connectivity index (χ2v) is 8.36. The summed E-state index contributed by atoms with van der Waals surface area (Å²) in [6.45, 7) is 6.12. The fraction of sp³-hybridized carbons (Fsp3) is 0.462. The van der Waals surface area contributed by atoms with Crippen molar-refractivity contribution in [2.75, 3.05) is 39.3 Å². The molecule has 0 aliphatic carbocycles. The lowest BCUT2D eigenvalue weighted by Crippen LogP contribution is -2.35. The van der Waals surface area contributed by atoms with Gasteiger partial charge in [-0.15, -0.1) is 0 Å². The number of ketones is 1. The third kappa shape index (κ3) is 8.64. The zero-order valence-corrected chi connectivity index (χ0v) is 18.5. The summed E-state index contributed by atoms with van der Waals surface area (Å²) < 4.78 is 0. The topological polar surface area (TPSA) is 56.1 Å². The summed E-state index contributed by atoms with van der Waals surface area (Å²) in [4.78, 5) is 15.9. The second-order valence-electron chi connectivity index (χ2n) is 8.36. The van der Waals surface area contributed by atoms with E-state index in [2.05, 4.69) is 63.5 Å². The van der Waals surface area contributed by atoms with Crippen molar-refractivity contribution in [3.8, 4) is 0 Å². The molecule has 0 saturated carbocycles. The molecule has 0 unspecified atom stereocenters. The molecule has 0 aromatic heterocycles. The first kappa shape index (κ1) is 23.2. The predicted molar refractivity (Wildman–Crippen MR) is 126 cm³/mol. The van der Waals surface area contributed by atoms with E-state index in [1.165, 1.54) is 11.1 Å². The maximum Gasteiger partial charge on any atom is 0.135 e. The van der Waals surface area contributed by atoms with Crippen molar-refractivity contribution in [1.29, 1.82) is 0 Å². The summed E-state index contributed by atoms with van der Waals surface area (Å²) in [7, 11) is 0. The van der Waals surface area contributed by atoms with Crippen LogP contribution in [0.3, 0.4) is 0 Å². The van der Waals surface area contributed by atoms with E-state index in [9.17, 15) is 4.79 Å². The molecule has 4 rings (SSSR count). The summed E-state index contributed by atoms with van der Waals surface area (Å²) in [6, 6.07) is 21.1. The fourth-order valence-corrected chi connectivity index (χ4v) is 4.02. The van der Waals surface area contributed by atoms with Gasteiger partial charge in [0.2, 0.25) is 0 Å². The average molecular weight is 422 g/mol. The van der Waals surface area contributed by atoms with Gasteiger partial charge >= 0.3 is 0 Å². The van der Waals surface area contributed by atoms with Crippen molar-refractivity contribution >= 4 is 11.5 Å². The van der Waals surface area contributed by atoms with E-state index in [1.54, 1.807) is 0 Å². The first-order chi connectivity index (χ1) is 15.2. The molecule has 0 atom stereocenters. The van der Waals surface area contributed by atoms with Crippen molar-refractivity contribution in [1.82, 2.24) is 9.80 Å². The SMILES string of the molecule is O=C1CCN(CCc2ccccc2)CC1.ON=C1CCN(CCc2ccccc2)CC1. The van der Waals surface area contributed by atoms with Crippen LogP contribution >= 0.6 is 0 Å². The molecule has 0 bridgehead atoms. The lowest BCUT2D eigenvalue weighted by atomic mass is 10.1. The largest absolute Gasteiger partial charge is 0.411 e. The highest BCUT2D eigenvalue weighted by atomic mass is 16.4. The Hall–Kier alpha value is -2.50. The molecule has 5 nitrogen and oxygen atoms in total. The third-order valence-corrected chi connectivity index (χ3v) is 6.11. The zero-order valence-electron chi connectivity index (χ0n) is 18.5. The number of carbonyl (C=O) groups is 1. The monoisotopic (exact) mass is 421 g/mol. The van der Waals surface area contributed by atoms with Crippen LogP contribution in [-0.4, -0.2) is 65.8 Å². The Kier molecular flexibility index (Phi) is 9.74. The van der Waals surface area contributed by atoms with Gasteiger partial charge in [-0.1, -0.05) is 65.8 Å². The number of hydrogen-bond donors (Lipinski definition) is 1. The van der Waals surface area contributed by atoms with E-state index in [1.807, 2.05) is 12.1 Å². The van der Waals surface area contributed by atoms with Crippen LogP contribution in [0.4, 0.5) is 0 Å². The molecule has 2 aliphatic heterocycles. The van der Waals surface area contributed by atoms with Gasteiger partial charge in [-0.05, 0) is 24.0 Å². The molecule has 2 aliphatic rings. The maximum atomic E-state index is 11.1. The van der Waals surface area contributed by atoms with E-state index >= 15 is 0 Å². The standard InChI is InChI=1S/C13H18N2O.C13H17NO/c16-14-13-7-10-15(11-8-13)9-6-12-4-2-1-3-5-12;15-13-7-10-14(11-8-13)9-6-12-4-2-1-3-5-12/h1-5,16H,6-11H2;1-5H,6-11H2. The van der Waals surface area contributed by atoms with E-state index in [0.717, 1.165) is 83.5 Å². The quantitative estimate of drug-likeness (QED) is 0.565. The average Bonchev–Trinajstić information content (AvgIpc) is 2.84. The van der Waals surface area contributed by atoms with Gasteiger partial charge in [0.25, 0.3) is 0 Å². The van der Waals surface area contributed by atoms with Crippen LogP contribution in [0.1, 0.15) is 36.8 Å². The van der Waals surface area contributed by atoms with Crippen LogP contribution in [0.15, 0.2) is 65.8 Å². The van der Waals surface area contributed by atoms with Gasteiger partial charge in [0, 0.05) is 65.0 Å². The number of hydrogen-bond acceptors (Lipinski definition) is 5. The molecule has 2 aromatic rings. The molecule has 2 fully saturated rings. The zero-order chi connectivity index (χ0) is 21.7. The molecule has 5 heteroatoms. The molecule has 0 spiro atoms. The number of oxime groups is 1. The van der Waals surface area contributed by atoms with Crippen molar-refractivity contribution in [3.05, 3.63) is 71.8 Å². The van der Waals surface area contributed by atoms with E-state index in [-0.39, 0.29) is 0 Å². The van der Waals surface area contributed by atoms with Gasteiger partial charge < -0.3 is 15.0 Å². The minimum absolute atomic E-state index is 0.422. The van der Waals surface area contributed by atoms with Gasteiger partial charge in [0.1, 0.15) is 5.78 Å². The third-order valence-electron chi connectivity index (χ3n) is 6.11. The lowest BCUT2D eigenvalue weighted by Gasteiger charge is -2.26. The van der Waals surface area contributed by atoms with Gasteiger partial charge in [0.15, 0.2) is 0 Å². The summed E-state index contributed by atoms with van der Waals surface area (Å²) >= 11 is 0. The minimum atomic E-state index is 0.422. The van der Waals surface area contributed by atoms with Gasteiger partial charge in [-0.2, -0.15) is 0 Å². The van der Waals surface area contributed by atoms with Crippen LogP contribution in [0.2, 0.25) is 0 Å². The smallest absolute Gasteiger partial charge is 0.135 e. The van der Waals surface area contributed by atoms with Crippen molar-refractivity contribution in [2.45, 2.75) is 38.5 Å². The lowest BCUT2D eigenvalue weighted by molar-refractivity contribution is -0.121. The number of nitrogens with zero attached hydrogens (tertiary/aromatic N) is 3. The van der Waals surface area contributed by atoms with Crippen LogP contribution < -0.4 is 0 Å². The minimum Gasteiger partial charge on any atom is -0.411 e. The summed E-state index contributed by atoms with van der Waals surface area (Å²) in [5, 5.41) is 11.9. The molecule has 2 heterocycles. The molecule has 2 aromatic carbocycles. The Bertz CT molecular complexity index is 788. The van der Waals surface area contributed by atoms with Crippen molar-refractivity contribution in [3.63, 3.8) is 0 Å². The number of likely N-dealkylation sites (tertiary alicyclic amines) is 2. The second kappa shape index (κ2) is 13.0. The van der Waals surface area contributed by atoms with Crippen LogP contribution in [-0.2, 0) is 17.6 Å². The van der Waals surface area contributed by atoms with Crippen LogP contribution in [0.5, 0.6) is 0 Å². The Morgan fingerprint density at radius 3 is 1.52 bits per heavy atom.